The fourth-order valence-electron chi connectivity index (χ4n) is 2.34. The fourth-order valence-corrected chi connectivity index (χ4v) is 3.84. The third-order valence-corrected chi connectivity index (χ3v) is 5.12. The van der Waals surface area contributed by atoms with Gasteiger partial charge in [0.15, 0.2) is 0 Å². The Bertz CT molecular complexity index is 764. The Hall–Kier alpha value is -1.72. The summed E-state index contributed by atoms with van der Waals surface area (Å²) in [6.45, 7) is 5.83. The first-order valence-corrected chi connectivity index (χ1v) is 9.48. The maximum Gasteiger partial charge on any atom is 0.232 e. The first-order valence-electron chi connectivity index (χ1n) is 7.45. The largest absolute Gasteiger partial charge is 0.354 e. The van der Waals surface area contributed by atoms with Gasteiger partial charge >= 0.3 is 0 Å². The lowest BCUT2D eigenvalue weighted by molar-refractivity contribution is 0.600. The second-order valence-corrected chi connectivity index (χ2v) is 7.81. The predicted molar refractivity (Wildman–Crippen MR) is 98.4 cm³/mol. The van der Waals surface area contributed by atoms with Gasteiger partial charge in [-0.3, -0.25) is 4.72 Å². The summed E-state index contributed by atoms with van der Waals surface area (Å²) in [7, 11) is -3.27. The van der Waals surface area contributed by atoms with E-state index >= 15 is 0 Å². The van der Waals surface area contributed by atoms with Crippen LogP contribution < -0.4 is 10.0 Å². The van der Waals surface area contributed by atoms with E-state index in [0.29, 0.717) is 17.1 Å². The molecule has 0 amide bonds. The minimum absolute atomic E-state index is 0.116. The molecule has 0 aliphatic heterocycles. The summed E-state index contributed by atoms with van der Waals surface area (Å²) in [6.07, 6.45) is 0.584. The van der Waals surface area contributed by atoms with Crippen molar-refractivity contribution in [2.75, 3.05) is 15.8 Å². The zero-order valence-corrected chi connectivity index (χ0v) is 15.1. The van der Waals surface area contributed by atoms with E-state index < -0.39 is 10.0 Å². The Morgan fingerprint density at radius 1 is 1.04 bits per heavy atom. The van der Waals surface area contributed by atoms with Gasteiger partial charge in [-0.15, -0.1) is 0 Å². The van der Waals surface area contributed by atoms with Gasteiger partial charge in [-0.25, -0.2) is 8.42 Å². The van der Waals surface area contributed by atoms with Gasteiger partial charge in [0.2, 0.25) is 10.0 Å². The molecule has 0 saturated carbocycles. The van der Waals surface area contributed by atoms with Gasteiger partial charge in [0.05, 0.1) is 16.5 Å². The number of nitrogens with one attached hydrogen (secondary N) is 2. The number of hydrogen-bond acceptors (Lipinski definition) is 3. The molecule has 0 aromatic heterocycles. The second kappa shape index (κ2) is 7.23. The molecular weight excluding hydrogens is 332 g/mol. The summed E-state index contributed by atoms with van der Waals surface area (Å²) in [5.41, 5.74) is 4.42. The number of halogens is 1. The van der Waals surface area contributed by atoms with Gasteiger partial charge in [-0.2, -0.15) is 0 Å². The molecule has 2 rings (SSSR count). The highest BCUT2D eigenvalue weighted by Crippen LogP contribution is 2.30. The third-order valence-electron chi connectivity index (χ3n) is 3.33. The van der Waals surface area contributed by atoms with Crippen molar-refractivity contribution in [2.24, 2.45) is 0 Å². The van der Waals surface area contributed by atoms with E-state index in [2.05, 4.69) is 16.1 Å². The topological polar surface area (TPSA) is 58.2 Å². The number of sulfonamides is 1. The van der Waals surface area contributed by atoms with Crippen molar-refractivity contribution in [2.45, 2.75) is 27.2 Å². The number of hydrogen-bond donors (Lipinski definition) is 2. The predicted octanol–water partition coefficient (Wildman–Crippen LogP) is 4.85. The third kappa shape index (κ3) is 4.88. The van der Waals surface area contributed by atoms with Crippen LogP contribution in [-0.2, 0) is 10.0 Å². The van der Waals surface area contributed by atoms with Crippen molar-refractivity contribution >= 4 is 38.7 Å². The summed E-state index contributed by atoms with van der Waals surface area (Å²) < 4.78 is 26.1. The average molecular weight is 353 g/mol. The molecule has 0 fully saturated rings. The number of benzene rings is 2. The molecule has 124 valence electrons. The van der Waals surface area contributed by atoms with Gasteiger partial charge in [-0.05, 0) is 61.7 Å². The molecule has 0 saturated heterocycles. The van der Waals surface area contributed by atoms with Crippen molar-refractivity contribution < 1.29 is 8.42 Å². The molecule has 0 bridgehead atoms. The van der Waals surface area contributed by atoms with Crippen molar-refractivity contribution in [3.8, 4) is 0 Å². The molecular formula is C17H21ClN2O2S. The van der Waals surface area contributed by atoms with Crippen LogP contribution in [0.2, 0.25) is 5.02 Å². The van der Waals surface area contributed by atoms with Crippen LogP contribution in [0.3, 0.4) is 0 Å². The zero-order chi connectivity index (χ0) is 17.0. The normalized spacial score (nSPS) is 11.3. The van der Waals surface area contributed by atoms with E-state index in [0.717, 1.165) is 22.5 Å². The SMILES string of the molecule is CCCS(=O)(=O)Nc1ccc(Nc2c(C)cc(C)cc2Cl)cc1. The van der Waals surface area contributed by atoms with Crippen LogP contribution in [0.4, 0.5) is 17.1 Å². The van der Waals surface area contributed by atoms with Crippen LogP contribution in [0.15, 0.2) is 36.4 Å². The average Bonchev–Trinajstić information content (AvgIpc) is 2.44. The van der Waals surface area contributed by atoms with Crippen LogP contribution in [0.25, 0.3) is 0 Å². The van der Waals surface area contributed by atoms with E-state index in [1.807, 2.05) is 39.0 Å². The van der Waals surface area contributed by atoms with E-state index in [4.69, 9.17) is 11.6 Å². The van der Waals surface area contributed by atoms with E-state index in [1.165, 1.54) is 0 Å². The Morgan fingerprint density at radius 2 is 1.65 bits per heavy atom. The number of anilines is 3. The van der Waals surface area contributed by atoms with Gasteiger partial charge < -0.3 is 5.32 Å². The second-order valence-electron chi connectivity index (χ2n) is 5.56. The highest BCUT2D eigenvalue weighted by molar-refractivity contribution is 7.92. The fraction of sp³-hybridized carbons (Fsp3) is 0.294. The van der Waals surface area contributed by atoms with Crippen molar-refractivity contribution in [1.29, 1.82) is 0 Å². The Labute approximate surface area is 142 Å². The quantitative estimate of drug-likeness (QED) is 0.781. The summed E-state index contributed by atoms with van der Waals surface area (Å²) in [6, 6.07) is 11.1. The van der Waals surface area contributed by atoms with E-state index in [-0.39, 0.29) is 5.75 Å². The number of rotatable bonds is 6. The highest BCUT2D eigenvalue weighted by atomic mass is 35.5. The molecule has 0 heterocycles. The zero-order valence-electron chi connectivity index (χ0n) is 13.5. The lowest BCUT2D eigenvalue weighted by Gasteiger charge is -2.13. The van der Waals surface area contributed by atoms with Crippen molar-refractivity contribution in [1.82, 2.24) is 0 Å². The summed E-state index contributed by atoms with van der Waals surface area (Å²) in [5, 5.41) is 3.94. The molecule has 0 radical (unpaired) electrons. The molecule has 0 aliphatic carbocycles. The maximum atomic E-state index is 11.8. The van der Waals surface area contributed by atoms with Crippen molar-refractivity contribution in [3.05, 3.63) is 52.5 Å². The van der Waals surface area contributed by atoms with Gasteiger partial charge in [0.25, 0.3) is 0 Å². The molecule has 0 spiro atoms. The van der Waals surface area contributed by atoms with Gasteiger partial charge in [0, 0.05) is 11.4 Å². The lowest BCUT2D eigenvalue weighted by atomic mass is 10.1. The Balaban J connectivity index is 2.15. The van der Waals surface area contributed by atoms with Crippen LogP contribution in [0.1, 0.15) is 24.5 Å². The molecule has 2 aromatic carbocycles. The molecule has 2 N–H and O–H groups in total. The number of aryl methyl sites for hydroxylation is 2. The molecule has 4 nitrogen and oxygen atoms in total. The van der Waals surface area contributed by atoms with Gasteiger partial charge in [0.1, 0.15) is 0 Å². The first-order chi connectivity index (χ1) is 10.8. The summed E-state index contributed by atoms with van der Waals surface area (Å²) >= 11 is 6.28. The van der Waals surface area contributed by atoms with E-state index in [1.54, 1.807) is 12.1 Å². The lowest BCUT2D eigenvalue weighted by Crippen LogP contribution is -2.15. The Kier molecular flexibility index (Phi) is 5.55. The highest BCUT2D eigenvalue weighted by Gasteiger charge is 2.09. The molecule has 2 aromatic rings. The van der Waals surface area contributed by atoms with E-state index in [9.17, 15) is 8.42 Å². The molecule has 0 atom stereocenters. The standard InChI is InChI=1S/C17H21ClN2O2S/c1-4-9-23(21,22)20-15-7-5-14(6-8-15)19-17-13(3)10-12(2)11-16(17)18/h5-8,10-11,19-20H,4,9H2,1-3H3. The summed E-state index contributed by atoms with van der Waals surface area (Å²) in [5.74, 6) is 0.116. The minimum Gasteiger partial charge on any atom is -0.354 e. The monoisotopic (exact) mass is 352 g/mol. The van der Waals surface area contributed by atoms with Gasteiger partial charge in [-0.1, -0.05) is 24.6 Å². The molecule has 0 aliphatic rings. The van der Waals surface area contributed by atoms with Crippen LogP contribution in [0.5, 0.6) is 0 Å². The molecule has 0 unspecified atom stereocenters. The van der Waals surface area contributed by atoms with Crippen LogP contribution in [-0.4, -0.2) is 14.2 Å². The minimum atomic E-state index is -3.27. The van der Waals surface area contributed by atoms with Crippen LogP contribution >= 0.6 is 11.6 Å². The molecule has 6 heteroatoms. The maximum absolute atomic E-state index is 11.8. The van der Waals surface area contributed by atoms with Crippen LogP contribution in [0, 0.1) is 13.8 Å². The van der Waals surface area contributed by atoms with Crippen molar-refractivity contribution in [3.63, 3.8) is 0 Å². The Morgan fingerprint density at radius 3 is 2.22 bits per heavy atom. The smallest absolute Gasteiger partial charge is 0.232 e. The first kappa shape index (κ1) is 17.6. The molecule has 23 heavy (non-hydrogen) atoms. The summed E-state index contributed by atoms with van der Waals surface area (Å²) in [4.78, 5) is 0.